The van der Waals surface area contributed by atoms with Gasteiger partial charge in [0, 0.05) is 16.0 Å². The Balaban J connectivity index is 1.78. The van der Waals surface area contributed by atoms with Crippen LogP contribution >= 0.6 is 23.4 Å². The summed E-state index contributed by atoms with van der Waals surface area (Å²) in [5, 5.41) is 4.76. The number of nitrogens with zero attached hydrogens (tertiary/aromatic N) is 1. The zero-order valence-corrected chi connectivity index (χ0v) is 12.6. The third kappa shape index (κ3) is 2.75. The van der Waals surface area contributed by atoms with Gasteiger partial charge in [0.15, 0.2) is 15.0 Å². The fraction of sp³-hybridized carbons (Fsp3) is 0.417. The van der Waals surface area contributed by atoms with Crippen molar-refractivity contribution in [2.45, 2.75) is 18.2 Å². The normalized spacial score (nSPS) is 28.0. The number of nitrogens with one attached hydrogen (secondary N) is 1. The van der Waals surface area contributed by atoms with E-state index in [4.69, 9.17) is 11.6 Å². The highest BCUT2D eigenvalue weighted by atomic mass is 35.5. The topological polar surface area (TPSA) is 58.5 Å². The molecule has 0 radical (unpaired) electrons. The predicted molar refractivity (Wildman–Crippen MR) is 81.1 cm³/mol. The van der Waals surface area contributed by atoms with E-state index < -0.39 is 9.84 Å². The number of benzene rings is 1. The van der Waals surface area contributed by atoms with Gasteiger partial charge in [0.05, 0.1) is 17.5 Å². The second kappa shape index (κ2) is 4.68. The van der Waals surface area contributed by atoms with Crippen LogP contribution in [0.15, 0.2) is 23.2 Å². The van der Waals surface area contributed by atoms with Crippen molar-refractivity contribution in [3.63, 3.8) is 0 Å². The van der Waals surface area contributed by atoms with E-state index in [1.807, 2.05) is 25.1 Å². The maximum absolute atomic E-state index is 11.5. The van der Waals surface area contributed by atoms with E-state index in [1.54, 1.807) is 0 Å². The third-order valence-electron chi connectivity index (χ3n) is 3.26. The van der Waals surface area contributed by atoms with Gasteiger partial charge in [-0.15, -0.1) is 0 Å². The fourth-order valence-electron chi connectivity index (χ4n) is 2.26. The highest BCUT2D eigenvalue weighted by Gasteiger charge is 2.42. The Morgan fingerprint density at radius 2 is 2.21 bits per heavy atom. The molecule has 0 spiro atoms. The Kier molecular flexibility index (Phi) is 3.27. The molecule has 2 heterocycles. The number of thioether (sulfide) groups is 1. The van der Waals surface area contributed by atoms with Crippen LogP contribution in [0.4, 0.5) is 5.69 Å². The Labute approximate surface area is 121 Å². The molecule has 1 saturated heterocycles. The second-order valence-corrected chi connectivity index (χ2v) is 8.64. The molecule has 0 saturated carbocycles. The van der Waals surface area contributed by atoms with E-state index in [0.29, 0.717) is 5.02 Å². The van der Waals surface area contributed by atoms with Crippen molar-refractivity contribution >= 4 is 44.1 Å². The summed E-state index contributed by atoms with van der Waals surface area (Å²) in [4.78, 5) is 4.46. The quantitative estimate of drug-likeness (QED) is 0.864. The lowest BCUT2D eigenvalue weighted by molar-refractivity contribution is 0.601. The molecule has 1 aromatic carbocycles. The van der Waals surface area contributed by atoms with Crippen LogP contribution in [0.2, 0.25) is 5.02 Å². The number of aryl methyl sites for hydroxylation is 1. The number of fused-ring (bicyclic) bond motifs is 1. The molecule has 0 amide bonds. The zero-order valence-electron chi connectivity index (χ0n) is 10.3. The average molecular weight is 317 g/mol. The first-order valence-electron chi connectivity index (χ1n) is 5.91. The van der Waals surface area contributed by atoms with Crippen molar-refractivity contribution < 1.29 is 8.42 Å². The van der Waals surface area contributed by atoms with Gasteiger partial charge in [-0.1, -0.05) is 29.4 Å². The Morgan fingerprint density at radius 1 is 1.42 bits per heavy atom. The highest BCUT2D eigenvalue weighted by molar-refractivity contribution is 8.15. The summed E-state index contributed by atoms with van der Waals surface area (Å²) in [6.45, 7) is 1.99. The Morgan fingerprint density at radius 3 is 2.95 bits per heavy atom. The van der Waals surface area contributed by atoms with Crippen molar-refractivity contribution in [3.05, 3.63) is 28.8 Å². The summed E-state index contributed by atoms with van der Waals surface area (Å²) in [5.41, 5.74) is 2.00. The molecule has 2 atom stereocenters. The molecule has 2 aliphatic rings. The number of halogens is 1. The van der Waals surface area contributed by atoms with Crippen LogP contribution in [-0.4, -0.2) is 36.4 Å². The van der Waals surface area contributed by atoms with E-state index in [9.17, 15) is 8.42 Å². The standard InChI is InChI=1S/C12H13ClN2O2S2/c1-7-2-3-8(13)4-9(7)14-12-15-10-5-19(16,17)6-11(10)18-12/h2-4,10-11H,5-6H2,1H3,(H,14,15)/t10-,11-/m0/s1. The van der Waals surface area contributed by atoms with Gasteiger partial charge in [-0.05, 0) is 24.6 Å². The Hall–Kier alpha value is -0.720. The van der Waals surface area contributed by atoms with Crippen molar-refractivity contribution in [1.82, 2.24) is 0 Å². The smallest absolute Gasteiger partial charge is 0.161 e. The minimum absolute atomic E-state index is 0.0620. The van der Waals surface area contributed by atoms with Crippen LogP contribution < -0.4 is 5.32 Å². The molecule has 3 rings (SSSR count). The fourth-order valence-corrected chi connectivity index (χ4v) is 6.10. The molecule has 1 fully saturated rings. The van der Waals surface area contributed by atoms with Gasteiger partial charge < -0.3 is 5.32 Å². The van der Waals surface area contributed by atoms with E-state index >= 15 is 0 Å². The molecule has 2 aliphatic heterocycles. The van der Waals surface area contributed by atoms with Crippen LogP contribution in [0.1, 0.15) is 5.56 Å². The van der Waals surface area contributed by atoms with Crippen LogP contribution in [0.25, 0.3) is 0 Å². The number of hydrogen-bond donors (Lipinski definition) is 1. The molecule has 1 aromatic rings. The van der Waals surface area contributed by atoms with E-state index in [-0.39, 0.29) is 22.8 Å². The SMILES string of the molecule is Cc1ccc(Cl)cc1NC1=N[C@H]2CS(=O)(=O)C[C@@H]2S1. The van der Waals surface area contributed by atoms with Crippen LogP contribution in [0.5, 0.6) is 0 Å². The van der Waals surface area contributed by atoms with Crippen molar-refractivity contribution in [2.24, 2.45) is 4.99 Å². The van der Waals surface area contributed by atoms with Crippen molar-refractivity contribution in [2.75, 3.05) is 16.8 Å². The minimum atomic E-state index is -2.89. The maximum atomic E-state index is 11.5. The van der Waals surface area contributed by atoms with Gasteiger partial charge in [0.1, 0.15) is 0 Å². The van der Waals surface area contributed by atoms with Gasteiger partial charge in [-0.2, -0.15) is 0 Å². The highest BCUT2D eigenvalue weighted by Crippen LogP contribution is 2.35. The third-order valence-corrected chi connectivity index (χ3v) is 6.64. The largest absolute Gasteiger partial charge is 0.335 e. The summed E-state index contributed by atoms with van der Waals surface area (Å²) >= 11 is 7.48. The molecule has 0 bridgehead atoms. The van der Waals surface area contributed by atoms with E-state index in [1.165, 1.54) is 11.8 Å². The second-order valence-electron chi connectivity index (χ2n) is 4.82. The minimum Gasteiger partial charge on any atom is -0.335 e. The maximum Gasteiger partial charge on any atom is 0.161 e. The average Bonchev–Trinajstić information content (AvgIpc) is 2.76. The molecule has 1 N–H and O–H groups in total. The molecule has 7 heteroatoms. The molecular weight excluding hydrogens is 304 g/mol. The number of anilines is 1. The van der Waals surface area contributed by atoms with Gasteiger partial charge in [-0.3, -0.25) is 4.99 Å². The number of rotatable bonds is 1. The summed E-state index contributed by atoms with van der Waals surface area (Å²) in [7, 11) is -2.89. The van der Waals surface area contributed by atoms with Crippen LogP contribution in [0.3, 0.4) is 0 Å². The molecule has 0 unspecified atom stereocenters. The van der Waals surface area contributed by atoms with E-state index in [0.717, 1.165) is 16.4 Å². The van der Waals surface area contributed by atoms with Crippen LogP contribution in [0, 0.1) is 6.92 Å². The predicted octanol–water partition coefficient (Wildman–Crippen LogP) is 2.33. The summed E-state index contributed by atoms with van der Waals surface area (Å²) < 4.78 is 23.0. The number of amidine groups is 1. The first-order chi connectivity index (χ1) is 8.93. The van der Waals surface area contributed by atoms with E-state index in [2.05, 4.69) is 10.3 Å². The Bertz CT molecular complexity index is 658. The molecule has 19 heavy (non-hydrogen) atoms. The molecule has 0 aromatic heterocycles. The molecule has 0 aliphatic carbocycles. The van der Waals surface area contributed by atoms with Crippen molar-refractivity contribution in [3.8, 4) is 0 Å². The van der Waals surface area contributed by atoms with Gasteiger partial charge in [0.25, 0.3) is 0 Å². The number of sulfone groups is 1. The monoisotopic (exact) mass is 316 g/mol. The molecular formula is C12H13ClN2O2S2. The lowest BCUT2D eigenvalue weighted by Gasteiger charge is -2.09. The summed E-state index contributed by atoms with van der Waals surface area (Å²) in [6.07, 6.45) is 0. The first kappa shape index (κ1) is 13.3. The van der Waals surface area contributed by atoms with Gasteiger partial charge >= 0.3 is 0 Å². The summed E-state index contributed by atoms with van der Waals surface area (Å²) in [6, 6.07) is 5.53. The van der Waals surface area contributed by atoms with Crippen molar-refractivity contribution in [1.29, 1.82) is 0 Å². The lowest BCUT2D eigenvalue weighted by atomic mass is 10.2. The number of hydrogen-bond acceptors (Lipinski definition) is 5. The van der Waals surface area contributed by atoms with Crippen LogP contribution in [-0.2, 0) is 9.84 Å². The summed E-state index contributed by atoms with van der Waals surface area (Å²) in [5.74, 6) is 0.399. The zero-order chi connectivity index (χ0) is 13.6. The molecule has 102 valence electrons. The van der Waals surface area contributed by atoms with Gasteiger partial charge in [0.2, 0.25) is 0 Å². The lowest BCUT2D eigenvalue weighted by Crippen LogP contribution is -2.13. The molecule has 4 nitrogen and oxygen atoms in total. The van der Waals surface area contributed by atoms with Gasteiger partial charge in [-0.25, -0.2) is 8.42 Å². The first-order valence-corrected chi connectivity index (χ1v) is 8.99. The number of aliphatic imine (C=N–C) groups is 1.